The van der Waals surface area contributed by atoms with E-state index in [-0.39, 0.29) is 17.7 Å². The van der Waals surface area contributed by atoms with Crippen LogP contribution in [0, 0.1) is 0 Å². The highest BCUT2D eigenvalue weighted by Gasteiger charge is 2.30. The first-order valence-corrected chi connectivity index (χ1v) is 7.74. The van der Waals surface area contributed by atoms with Gasteiger partial charge in [-0.1, -0.05) is 12.1 Å². The highest BCUT2D eigenvalue weighted by Crippen LogP contribution is 2.23. The number of imidazole rings is 1. The van der Waals surface area contributed by atoms with E-state index in [1.165, 1.54) is 36.4 Å². The number of nitrogens with zero attached hydrogens (tertiary/aromatic N) is 1. The molecule has 1 amide bonds. The van der Waals surface area contributed by atoms with Crippen LogP contribution in [0.1, 0.15) is 23.4 Å². The van der Waals surface area contributed by atoms with E-state index in [9.17, 15) is 18.0 Å². The first-order chi connectivity index (χ1) is 11.9. The van der Waals surface area contributed by atoms with E-state index in [2.05, 4.69) is 20.0 Å². The summed E-state index contributed by atoms with van der Waals surface area (Å²) in [5.41, 5.74) is 2.69. The fourth-order valence-electron chi connectivity index (χ4n) is 2.73. The number of aromatic amines is 1. The van der Waals surface area contributed by atoms with E-state index in [0.717, 1.165) is 24.2 Å². The molecule has 0 aliphatic heterocycles. The van der Waals surface area contributed by atoms with Crippen molar-refractivity contribution in [2.24, 2.45) is 0 Å². The maximum absolute atomic E-state index is 12.1. The average Bonchev–Trinajstić information content (AvgIpc) is 3.00. The number of H-pyrrole nitrogens is 1. The first kappa shape index (κ1) is 17.1. The number of carbonyl (C=O) groups excluding carboxylic acids is 1. The van der Waals surface area contributed by atoms with Gasteiger partial charge in [-0.05, 0) is 36.6 Å². The van der Waals surface area contributed by atoms with E-state index in [1.54, 1.807) is 6.33 Å². The van der Waals surface area contributed by atoms with Crippen molar-refractivity contribution in [3.8, 4) is 5.75 Å². The van der Waals surface area contributed by atoms with Crippen molar-refractivity contribution < 1.29 is 22.7 Å². The summed E-state index contributed by atoms with van der Waals surface area (Å²) < 4.78 is 40.1. The monoisotopic (exact) mass is 351 g/mol. The van der Waals surface area contributed by atoms with Crippen molar-refractivity contribution in [3.63, 3.8) is 0 Å². The van der Waals surface area contributed by atoms with Crippen LogP contribution >= 0.6 is 0 Å². The van der Waals surface area contributed by atoms with Gasteiger partial charge in [-0.25, -0.2) is 4.98 Å². The average molecular weight is 351 g/mol. The second kappa shape index (κ2) is 7.00. The van der Waals surface area contributed by atoms with E-state index in [4.69, 9.17) is 0 Å². The molecular weight excluding hydrogens is 335 g/mol. The molecule has 3 rings (SSSR count). The third-order valence-corrected chi connectivity index (χ3v) is 3.87. The molecule has 5 nitrogen and oxygen atoms in total. The smallest absolute Gasteiger partial charge is 0.406 e. The number of rotatable bonds is 4. The minimum atomic E-state index is -4.72. The lowest BCUT2D eigenvalue weighted by Crippen LogP contribution is -2.38. The molecule has 0 radical (unpaired) electrons. The van der Waals surface area contributed by atoms with Crippen LogP contribution in [-0.4, -0.2) is 28.3 Å². The molecule has 0 saturated heterocycles. The van der Waals surface area contributed by atoms with Crippen LogP contribution in [0.2, 0.25) is 0 Å². The lowest BCUT2D eigenvalue weighted by atomic mass is 9.96. The number of fused-ring (bicyclic) bond motifs is 1. The maximum atomic E-state index is 12.1. The van der Waals surface area contributed by atoms with Gasteiger partial charge in [0.1, 0.15) is 5.75 Å². The number of aryl methyl sites for hydroxylation is 1. The molecule has 1 heterocycles. The van der Waals surface area contributed by atoms with Gasteiger partial charge in [-0.2, -0.15) is 0 Å². The summed E-state index contributed by atoms with van der Waals surface area (Å²) in [7, 11) is 0. The molecule has 0 spiro atoms. The minimum Gasteiger partial charge on any atom is -0.406 e. The Labute approximate surface area is 141 Å². The van der Waals surface area contributed by atoms with E-state index < -0.39 is 6.36 Å². The summed E-state index contributed by atoms with van der Waals surface area (Å²) in [5, 5.41) is 2.92. The highest BCUT2D eigenvalue weighted by atomic mass is 19.4. The molecule has 2 N–H and O–H groups in total. The number of alkyl halides is 3. The topological polar surface area (TPSA) is 67.0 Å². The zero-order valence-electron chi connectivity index (χ0n) is 13.1. The van der Waals surface area contributed by atoms with Crippen LogP contribution in [0.5, 0.6) is 5.75 Å². The van der Waals surface area contributed by atoms with Crippen LogP contribution in [-0.2, 0) is 17.6 Å². The van der Waals surface area contributed by atoms with Crippen LogP contribution in [0.3, 0.4) is 0 Å². The number of hydrogen-bond donors (Lipinski definition) is 2. The SMILES string of the molecule is O=C(C=Cc1ccc(OC(F)(F)F)cc1)NC1CCc2nc[nH]c2C1. The van der Waals surface area contributed by atoms with Gasteiger partial charge in [-0.15, -0.1) is 13.2 Å². The predicted octanol–water partition coefficient (Wildman–Crippen LogP) is 3.00. The Kier molecular flexibility index (Phi) is 4.78. The van der Waals surface area contributed by atoms with Crippen molar-refractivity contribution in [2.45, 2.75) is 31.7 Å². The molecule has 1 aromatic carbocycles. The second-order valence-electron chi connectivity index (χ2n) is 5.73. The Hall–Kier alpha value is -2.77. The molecule has 1 aliphatic carbocycles. The summed E-state index contributed by atoms with van der Waals surface area (Å²) in [6, 6.07) is 5.33. The first-order valence-electron chi connectivity index (χ1n) is 7.74. The molecule has 1 unspecified atom stereocenters. The van der Waals surface area contributed by atoms with Gasteiger partial charge in [0.25, 0.3) is 0 Å². The van der Waals surface area contributed by atoms with Gasteiger partial charge < -0.3 is 15.0 Å². The van der Waals surface area contributed by atoms with E-state index in [0.29, 0.717) is 12.0 Å². The largest absolute Gasteiger partial charge is 0.573 e. The Bertz CT molecular complexity index is 766. The zero-order chi connectivity index (χ0) is 17.9. The molecule has 1 aromatic heterocycles. The number of benzene rings is 1. The van der Waals surface area contributed by atoms with Crippen molar-refractivity contribution >= 4 is 12.0 Å². The highest BCUT2D eigenvalue weighted by molar-refractivity contribution is 5.91. The fourth-order valence-corrected chi connectivity index (χ4v) is 2.73. The summed E-state index contributed by atoms with van der Waals surface area (Å²) in [6.07, 6.45) is 2.18. The molecule has 1 atom stereocenters. The maximum Gasteiger partial charge on any atom is 0.573 e. The molecule has 8 heteroatoms. The lowest BCUT2D eigenvalue weighted by molar-refractivity contribution is -0.274. The molecule has 25 heavy (non-hydrogen) atoms. The van der Waals surface area contributed by atoms with Crippen LogP contribution < -0.4 is 10.1 Å². The van der Waals surface area contributed by atoms with Crippen molar-refractivity contribution in [1.82, 2.24) is 15.3 Å². The van der Waals surface area contributed by atoms with Gasteiger partial charge in [0.05, 0.1) is 12.0 Å². The summed E-state index contributed by atoms with van der Waals surface area (Å²) in [6.45, 7) is 0. The molecule has 132 valence electrons. The number of nitrogens with one attached hydrogen (secondary N) is 2. The third kappa shape index (κ3) is 4.85. The Morgan fingerprint density at radius 1 is 1.32 bits per heavy atom. The van der Waals surface area contributed by atoms with Crippen molar-refractivity contribution in [2.75, 3.05) is 0 Å². The number of carbonyl (C=O) groups is 1. The number of ether oxygens (including phenoxy) is 1. The Morgan fingerprint density at radius 3 is 2.80 bits per heavy atom. The predicted molar refractivity (Wildman–Crippen MR) is 84.7 cm³/mol. The zero-order valence-corrected chi connectivity index (χ0v) is 13.1. The number of hydrogen-bond acceptors (Lipinski definition) is 3. The van der Waals surface area contributed by atoms with Crippen molar-refractivity contribution in [3.05, 3.63) is 53.6 Å². The fraction of sp³-hybridized carbons (Fsp3) is 0.294. The van der Waals surface area contributed by atoms with Gasteiger partial charge in [-0.3, -0.25) is 4.79 Å². The summed E-state index contributed by atoms with van der Waals surface area (Å²) >= 11 is 0. The van der Waals surface area contributed by atoms with Crippen LogP contribution in [0.4, 0.5) is 13.2 Å². The second-order valence-corrected chi connectivity index (χ2v) is 5.73. The van der Waals surface area contributed by atoms with E-state index in [1.807, 2.05) is 0 Å². The van der Waals surface area contributed by atoms with Crippen molar-refractivity contribution in [1.29, 1.82) is 0 Å². The lowest BCUT2D eigenvalue weighted by Gasteiger charge is -2.21. The van der Waals surface area contributed by atoms with Crippen LogP contribution in [0.15, 0.2) is 36.7 Å². The third-order valence-electron chi connectivity index (χ3n) is 3.87. The normalized spacial score (nSPS) is 17.3. The standard InChI is InChI=1S/C17H16F3N3O2/c18-17(19,20)25-13-5-1-11(2-6-13)3-8-16(24)23-12-4-7-14-15(9-12)22-10-21-14/h1-3,5-6,8,10,12H,4,7,9H2,(H,21,22)(H,23,24). The summed E-state index contributed by atoms with van der Waals surface area (Å²) in [5.74, 6) is -0.546. The number of amides is 1. The molecule has 2 aromatic rings. The Morgan fingerprint density at radius 2 is 2.08 bits per heavy atom. The van der Waals surface area contributed by atoms with Gasteiger partial charge in [0.15, 0.2) is 0 Å². The molecule has 0 fully saturated rings. The van der Waals surface area contributed by atoms with E-state index >= 15 is 0 Å². The molecule has 1 aliphatic rings. The number of halogens is 3. The number of aromatic nitrogens is 2. The van der Waals surface area contributed by atoms with Gasteiger partial charge >= 0.3 is 6.36 Å². The summed E-state index contributed by atoms with van der Waals surface area (Å²) in [4.78, 5) is 19.3. The molecule has 0 bridgehead atoms. The quantitative estimate of drug-likeness (QED) is 0.832. The van der Waals surface area contributed by atoms with Gasteiger partial charge in [0.2, 0.25) is 5.91 Å². The molecular formula is C17H16F3N3O2. The van der Waals surface area contributed by atoms with Gasteiger partial charge in [0, 0.05) is 24.2 Å². The minimum absolute atomic E-state index is 0.0349. The Balaban J connectivity index is 1.52. The van der Waals surface area contributed by atoms with Crippen LogP contribution in [0.25, 0.3) is 6.08 Å². The molecule has 0 saturated carbocycles.